The van der Waals surface area contributed by atoms with Crippen LogP contribution in [0, 0.1) is 0 Å². The Labute approximate surface area is 197 Å². The summed E-state index contributed by atoms with van der Waals surface area (Å²) in [6, 6.07) is 2.11. The van der Waals surface area contributed by atoms with Crippen LogP contribution in [0.3, 0.4) is 0 Å². The van der Waals surface area contributed by atoms with Crippen LogP contribution in [0.15, 0.2) is 24.3 Å². The largest absolute Gasteiger partial charge is 0.508 e. The SMILES string of the molecule is CC(O)C(NC(=O)C1CCCN1C(=O)C1CCCN1)C(=O)NC(Cc1ccc(O)cc1)C(=O)O. The van der Waals surface area contributed by atoms with Crippen molar-refractivity contribution < 1.29 is 34.5 Å². The van der Waals surface area contributed by atoms with Crippen LogP contribution in [-0.2, 0) is 25.6 Å². The number of phenolic OH excluding ortho intramolecular Hbond substituents is 1. The van der Waals surface area contributed by atoms with Crippen LogP contribution in [0.2, 0.25) is 0 Å². The topological polar surface area (TPSA) is 168 Å². The lowest BCUT2D eigenvalue weighted by Gasteiger charge is -2.29. The molecule has 11 nitrogen and oxygen atoms in total. The van der Waals surface area contributed by atoms with Crippen molar-refractivity contribution in [3.63, 3.8) is 0 Å². The van der Waals surface area contributed by atoms with Gasteiger partial charge in [-0.15, -0.1) is 0 Å². The number of phenols is 1. The molecule has 6 N–H and O–H groups in total. The summed E-state index contributed by atoms with van der Waals surface area (Å²) in [6.07, 6.45) is 1.34. The van der Waals surface area contributed by atoms with Crippen molar-refractivity contribution in [1.29, 1.82) is 0 Å². The number of carbonyl (C=O) groups excluding carboxylic acids is 3. The zero-order valence-electron chi connectivity index (χ0n) is 19.1. The van der Waals surface area contributed by atoms with Gasteiger partial charge in [-0.1, -0.05) is 12.1 Å². The van der Waals surface area contributed by atoms with E-state index in [0.717, 1.165) is 13.0 Å². The molecule has 2 aliphatic rings. The number of aromatic hydroxyl groups is 1. The van der Waals surface area contributed by atoms with E-state index >= 15 is 0 Å². The van der Waals surface area contributed by atoms with E-state index in [1.807, 2.05) is 0 Å². The Morgan fingerprint density at radius 2 is 1.82 bits per heavy atom. The van der Waals surface area contributed by atoms with Gasteiger partial charge in [-0.2, -0.15) is 0 Å². The number of aliphatic carboxylic acids is 1. The van der Waals surface area contributed by atoms with Crippen molar-refractivity contribution in [2.45, 2.75) is 69.3 Å². The second-order valence-corrected chi connectivity index (χ2v) is 8.84. The number of benzene rings is 1. The summed E-state index contributed by atoms with van der Waals surface area (Å²) in [5, 5.41) is 37.1. The number of hydrogen-bond acceptors (Lipinski definition) is 7. The molecule has 1 aromatic carbocycles. The molecule has 2 aliphatic heterocycles. The summed E-state index contributed by atoms with van der Waals surface area (Å²) < 4.78 is 0. The Balaban J connectivity index is 1.65. The van der Waals surface area contributed by atoms with Gasteiger partial charge in [0.05, 0.1) is 12.1 Å². The molecule has 34 heavy (non-hydrogen) atoms. The number of carboxylic acids is 1. The molecule has 0 aliphatic carbocycles. The first-order valence-electron chi connectivity index (χ1n) is 11.5. The number of carbonyl (C=O) groups is 4. The number of hydrogen-bond donors (Lipinski definition) is 6. The highest BCUT2D eigenvalue weighted by Gasteiger charge is 2.40. The fraction of sp³-hybridized carbons (Fsp3) is 0.565. The predicted molar refractivity (Wildman–Crippen MR) is 121 cm³/mol. The Kier molecular flexibility index (Phi) is 8.46. The molecule has 0 radical (unpaired) electrons. The van der Waals surface area contributed by atoms with Gasteiger partial charge in [-0.05, 0) is 56.8 Å². The monoisotopic (exact) mass is 476 g/mol. The maximum Gasteiger partial charge on any atom is 0.326 e. The molecular weight excluding hydrogens is 444 g/mol. The van der Waals surface area contributed by atoms with Crippen LogP contribution in [0.25, 0.3) is 0 Å². The molecule has 0 saturated carbocycles. The van der Waals surface area contributed by atoms with Gasteiger partial charge in [0.2, 0.25) is 17.7 Å². The number of nitrogens with zero attached hydrogens (tertiary/aromatic N) is 1. The summed E-state index contributed by atoms with van der Waals surface area (Å²) in [5.74, 6) is -2.81. The van der Waals surface area contributed by atoms with Crippen molar-refractivity contribution >= 4 is 23.7 Å². The molecule has 0 aromatic heterocycles. The predicted octanol–water partition coefficient (Wildman–Crippen LogP) is -0.887. The van der Waals surface area contributed by atoms with Crippen molar-refractivity contribution in [2.75, 3.05) is 13.1 Å². The Hall–Kier alpha value is -3.18. The fourth-order valence-corrected chi connectivity index (χ4v) is 4.38. The third-order valence-corrected chi connectivity index (χ3v) is 6.25. The van der Waals surface area contributed by atoms with E-state index in [0.29, 0.717) is 31.4 Å². The quantitative estimate of drug-likeness (QED) is 0.267. The van der Waals surface area contributed by atoms with Gasteiger partial charge >= 0.3 is 5.97 Å². The van der Waals surface area contributed by atoms with Gasteiger partial charge in [-0.25, -0.2) is 4.79 Å². The minimum atomic E-state index is -1.39. The average Bonchev–Trinajstić information content (AvgIpc) is 3.49. The Bertz CT molecular complexity index is 899. The van der Waals surface area contributed by atoms with Gasteiger partial charge in [-0.3, -0.25) is 14.4 Å². The van der Waals surface area contributed by atoms with E-state index in [-0.39, 0.29) is 24.1 Å². The molecule has 11 heteroatoms. The van der Waals surface area contributed by atoms with E-state index in [2.05, 4.69) is 16.0 Å². The van der Waals surface area contributed by atoms with E-state index in [1.54, 1.807) is 0 Å². The van der Waals surface area contributed by atoms with Crippen molar-refractivity contribution in [3.05, 3.63) is 29.8 Å². The summed E-state index contributed by atoms with van der Waals surface area (Å²) in [7, 11) is 0. The molecule has 0 bridgehead atoms. The van der Waals surface area contributed by atoms with Gasteiger partial charge in [0.15, 0.2) is 0 Å². The highest BCUT2D eigenvalue weighted by Crippen LogP contribution is 2.21. The van der Waals surface area contributed by atoms with Crippen LogP contribution in [0.4, 0.5) is 0 Å². The van der Waals surface area contributed by atoms with Crippen molar-refractivity contribution in [2.24, 2.45) is 0 Å². The molecule has 2 saturated heterocycles. The maximum absolute atomic E-state index is 13.0. The second-order valence-electron chi connectivity index (χ2n) is 8.84. The fourth-order valence-electron chi connectivity index (χ4n) is 4.38. The average molecular weight is 477 g/mol. The lowest BCUT2D eigenvalue weighted by molar-refractivity contribution is -0.144. The zero-order chi connectivity index (χ0) is 24.8. The summed E-state index contributed by atoms with van der Waals surface area (Å²) in [6.45, 7) is 2.51. The first-order chi connectivity index (χ1) is 16.2. The van der Waals surface area contributed by atoms with E-state index in [4.69, 9.17) is 0 Å². The summed E-state index contributed by atoms with van der Waals surface area (Å²) >= 11 is 0. The normalized spacial score (nSPS) is 22.6. The minimum absolute atomic E-state index is 0.0275. The zero-order valence-corrected chi connectivity index (χ0v) is 19.1. The van der Waals surface area contributed by atoms with E-state index in [9.17, 15) is 34.5 Å². The molecular formula is C23H32N4O7. The van der Waals surface area contributed by atoms with Gasteiger partial charge in [0.25, 0.3) is 0 Å². The number of aliphatic hydroxyl groups excluding tert-OH is 1. The first-order valence-corrected chi connectivity index (χ1v) is 11.5. The molecule has 0 spiro atoms. The number of amides is 3. The number of rotatable bonds is 9. The number of aliphatic hydroxyl groups is 1. The van der Waals surface area contributed by atoms with Crippen LogP contribution < -0.4 is 16.0 Å². The van der Waals surface area contributed by atoms with E-state index in [1.165, 1.54) is 36.1 Å². The van der Waals surface area contributed by atoms with Gasteiger partial charge in [0, 0.05) is 13.0 Å². The standard InChI is InChI=1S/C23H32N4O7/c1-13(28)19(21(31)25-17(23(33)34)12-14-6-8-15(29)9-7-14)26-20(30)18-5-3-11-27(18)22(32)16-4-2-10-24-16/h6-9,13,16-19,24,28-29H,2-5,10-12H2,1H3,(H,25,31)(H,26,30)(H,33,34). The third-order valence-electron chi connectivity index (χ3n) is 6.25. The number of nitrogens with one attached hydrogen (secondary N) is 3. The number of likely N-dealkylation sites (tertiary alicyclic amines) is 1. The molecule has 5 unspecified atom stereocenters. The van der Waals surface area contributed by atoms with Crippen molar-refractivity contribution in [3.8, 4) is 5.75 Å². The minimum Gasteiger partial charge on any atom is -0.508 e. The van der Waals surface area contributed by atoms with Crippen LogP contribution >= 0.6 is 0 Å². The molecule has 1 aromatic rings. The summed E-state index contributed by atoms with van der Waals surface area (Å²) in [5.41, 5.74) is 0.573. The molecule has 2 heterocycles. The van der Waals surface area contributed by atoms with Gasteiger partial charge in [0.1, 0.15) is 23.9 Å². The van der Waals surface area contributed by atoms with Crippen molar-refractivity contribution in [1.82, 2.24) is 20.9 Å². The Morgan fingerprint density at radius 3 is 2.41 bits per heavy atom. The maximum atomic E-state index is 13.0. The highest BCUT2D eigenvalue weighted by atomic mass is 16.4. The van der Waals surface area contributed by atoms with E-state index < -0.39 is 42.0 Å². The molecule has 2 fully saturated rings. The van der Waals surface area contributed by atoms with Crippen LogP contribution in [-0.4, -0.2) is 87.3 Å². The molecule has 3 amide bonds. The third kappa shape index (κ3) is 6.23. The lowest BCUT2D eigenvalue weighted by atomic mass is 10.0. The van der Waals surface area contributed by atoms with Gasteiger partial charge < -0.3 is 36.2 Å². The molecule has 5 atom stereocenters. The van der Waals surface area contributed by atoms with Crippen LogP contribution in [0.1, 0.15) is 38.2 Å². The van der Waals surface area contributed by atoms with Crippen LogP contribution in [0.5, 0.6) is 5.75 Å². The smallest absolute Gasteiger partial charge is 0.326 e. The lowest BCUT2D eigenvalue weighted by Crippen LogP contribution is -2.59. The number of carboxylic acid groups (broad SMARTS) is 1. The Morgan fingerprint density at radius 1 is 1.12 bits per heavy atom. The molecule has 3 rings (SSSR count). The summed E-state index contributed by atoms with van der Waals surface area (Å²) in [4.78, 5) is 51.8. The first kappa shape index (κ1) is 25.4. The molecule has 186 valence electrons. The second kappa shape index (κ2) is 11.3. The highest BCUT2D eigenvalue weighted by molar-refractivity contribution is 5.94.